The van der Waals surface area contributed by atoms with Crippen molar-refractivity contribution >= 4 is 17.3 Å². The van der Waals surface area contributed by atoms with Crippen molar-refractivity contribution in [3.05, 3.63) is 24.3 Å². The second kappa shape index (κ2) is 7.26. The zero-order valence-electron chi connectivity index (χ0n) is 11.9. The molecule has 0 saturated carbocycles. The van der Waals surface area contributed by atoms with Gasteiger partial charge in [-0.3, -0.25) is 4.79 Å². The Morgan fingerprint density at radius 3 is 2.75 bits per heavy atom. The van der Waals surface area contributed by atoms with Crippen LogP contribution < -0.4 is 15.5 Å². The summed E-state index contributed by atoms with van der Waals surface area (Å²) in [4.78, 5) is 14.1. The minimum absolute atomic E-state index is 0.0174. The monoisotopic (exact) mass is 277 g/mol. The molecule has 1 aromatic carbocycles. The van der Waals surface area contributed by atoms with Crippen LogP contribution in [0.25, 0.3) is 0 Å². The highest BCUT2D eigenvalue weighted by atomic mass is 16.3. The number of amides is 1. The lowest BCUT2D eigenvalue weighted by atomic mass is 10.1. The van der Waals surface area contributed by atoms with Crippen molar-refractivity contribution in [1.82, 2.24) is 5.32 Å². The van der Waals surface area contributed by atoms with Crippen molar-refractivity contribution in [3.63, 3.8) is 0 Å². The summed E-state index contributed by atoms with van der Waals surface area (Å²) in [6.45, 7) is 2.32. The molecular weight excluding hydrogens is 254 g/mol. The molecule has 1 fully saturated rings. The van der Waals surface area contributed by atoms with E-state index < -0.39 is 0 Å². The van der Waals surface area contributed by atoms with Crippen molar-refractivity contribution in [2.45, 2.75) is 25.4 Å². The van der Waals surface area contributed by atoms with Crippen LogP contribution in [0.5, 0.6) is 0 Å². The van der Waals surface area contributed by atoms with Crippen molar-refractivity contribution in [3.8, 4) is 0 Å². The van der Waals surface area contributed by atoms with Crippen molar-refractivity contribution in [2.24, 2.45) is 0 Å². The van der Waals surface area contributed by atoms with Crippen LogP contribution in [-0.2, 0) is 4.79 Å². The summed E-state index contributed by atoms with van der Waals surface area (Å²) in [7, 11) is 1.83. The molecule has 2 rings (SSSR count). The largest absolute Gasteiger partial charge is 0.393 e. The van der Waals surface area contributed by atoms with Crippen LogP contribution in [0.4, 0.5) is 11.4 Å². The van der Waals surface area contributed by atoms with Gasteiger partial charge in [-0.2, -0.15) is 0 Å². The topological polar surface area (TPSA) is 64.6 Å². The highest BCUT2D eigenvalue weighted by molar-refractivity contribution is 5.94. The smallest absolute Gasteiger partial charge is 0.225 e. The van der Waals surface area contributed by atoms with E-state index in [2.05, 4.69) is 15.5 Å². The van der Waals surface area contributed by atoms with Gasteiger partial charge in [-0.15, -0.1) is 0 Å². The highest BCUT2D eigenvalue weighted by Crippen LogP contribution is 2.28. The van der Waals surface area contributed by atoms with Gasteiger partial charge in [0.15, 0.2) is 0 Å². The number of anilines is 2. The average molecular weight is 277 g/mol. The van der Waals surface area contributed by atoms with Crippen LogP contribution in [-0.4, -0.2) is 43.8 Å². The fourth-order valence-corrected chi connectivity index (χ4v) is 2.41. The molecule has 1 aliphatic rings. The molecule has 0 aliphatic carbocycles. The molecule has 1 amide bonds. The third kappa shape index (κ3) is 3.95. The molecule has 0 unspecified atom stereocenters. The van der Waals surface area contributed by atoms with E-state index in [-0.39, 0.29) is 12.0 Å². The molecular formula is C15H23N3O2. The summed E-state index contributed by atoms with van der Waals surface area (Å²) in [6, 6.07) is 7.85. The number of piperidine rings is 1. The van der Waals surface area contributed by atoms with E-state index in [1.807, 2.05) is 31.3 Å². The van der Waals surface area contributed by atoms with Crippen molar-refractivity contribution in [2.75, 3.05) is 36.9 Å². The molecule has 5 heteroatoms. The minimum atomic E-state index is -0.191. The SMILES string of the molecule is CNCCC(=O)Nc1ccccc1N1CCC(O)CC1. The van der Waals surface area contributed by atoms with Crippen LogP contribution in [0.3, 0.4) is 0 Å². The molecule has 1 saturated heterocycles. The van der Waals surface area contributed by atoms with Gasteiger partial charge in [0, 0.05) is 26.1 Å². The number of para-hydroxylation sites is 2. The summed E-state index contributed by atoms with van der Waals surface area (Å²) in [5, 5.41) is 15.5. The van der Waals surface area contributed by atoms with Gasteiger partial charge in [-0.1, -0.05) is 12.1 Å². The maximum Gasteiger partial charge on any atom is 0.225 e. The lowest BCUT2D eigenvalue weighted by Gasteiger charge is -2.32. The molecule has 1 aliphatic heterocycles. The van der Waals surface area contributed by atoms with Gasteiger partial charge in [0.1, 0.15) is 0 Å². The van der Waals surface area contributed by atoms with Crippen LogP contribution >= 0.6 is 0 Å². The number of benzene rings is 1. The molecule has 1 aromatic rings. The molecule has 0 radical (unpaired) electrons. The number of aliphatic hydroxyl groups is 1. The molecule has 0 atom stereocenters. The van der Waals surface area contributed by atoms with Crippen LogP contribution in [0.1, 0.15) is 19.3 Å². The minimum Gasteiger partial charge on any atom is -0.393 e. The predicted molar refractivity (Wildman–Crippen MR) is 81.1 cm³/mol. The second-order valence-electron chi connectivity index (χ2n) is 5.14. The fraction of sp³-hybridized carbons (Fsp3) is 0.533. The van der Waals surface area contributed by atoms with E-state index in [1.165, 1.54) is 0 Å². The molecule has 0 aromatic heterocycles. The van der Waals surface area contributed by atoms with Crippen LogP contribution in [0.15, 0.2) is 24.3 Å². The number of rotatable bonds is 5. The fourth-order valence-electron chi connectivity index (χ4n) is 2.41. The Morgan fingerprint density at radius 1 is 1.35 bits per heavy atom. The summed E-state index contributed by atoms with van der Waals surface area (Å²) in [6.07, 6.45) is 1.83. The van der Waals surface area contributed by atoms with Gasteiger partial charge < -0.3 is 20.6 Å². The summed E-state index contributed by atoms with van der Waals surface area (Å²) in [5.41, 5.74) is 1.89. The van der Waals surface area contributed by atoms with E-state index in [9.17, 15) is 9.90 Å². The number of hydrogen-bond donors (Lipinski definition) is 3. The van der Waals surface area contributed by atoms with E-state index in [0.717, 1.165) is 37.3 Å². The third-order valence-electron chi connectivity index (χ3n) is 3.59. The van der Waals surface area contributed by atoms with Gasteiger partial charge in [0.25, 0.3) is 0 Å². The van der Waals surface area contributed by atoms with Crippen molar-refractivity contribution < 1.29 is 9.90 Å². The lowest BCUT2D eigenvalue weighted by molar-refractivity contribution is -0.116. The number of hydrogen-bond acceptors (Lipinski definition) is 4. The number of aliphatic hydroxyl groups excluding tert-OH is 1. The zero-order valence-corrected chi connectivity index (χ0v) is 11.9. The molecule has 0 spiro atoms. The van der Waals surface area contributed by atoms with Crippen LogP contribution in [0.2, 0.25) is 0 Å². The second-order valence-corrected chi connectivity index (χ2v) is 5.14. The standard InChI is InChI=1S/C15H23N3O2/c1-16-9-6-15(20)17-13-4-2-3-5-14(13)18-10-7-12(19)8-11-18/h2-5,12,16,19H,6-11H2,1H3,(H,17,20). The first kappa shape index (κ1) is 14.8. The number of carbonyl (C=O) groups is 1. The maximum absolute atomic E-state index is 11.8. The molecule has 110 valence electrons. The Bertz CT molecular complexity index is 442. The van der Waals surface area contributed by atoms with Gasteiger partial charge in [-0.25, -0.2) is 0 Å². The van der Waals surface area contributed by atoms with Gasteiger partial charge in [0.2, 0.25) is 5.91 Å². The molecule has 3 N–H and O–H groups in total. The Balaban J connectivity index is 2.04. The summed E-state index contributed by atoms with van der Waals surface area (Å²) >= 11 is 0. The first-order valence-corrected chi connectivity index (χ1v) is 7.17. The Hall–Kier alpha value is -1.59. The maximum atomic E-state index is 11.8. The first-order valence-electron chi connectivity index (χ1n) is 7.17. The van der Waals surface area contributed by atoms with Gasteiger partial charge in [-0.05, 0) is 32.0 Å². The molecule has 1 heterocycles. The quantitative estimate of drug-likeness (QED) is 0.756. The van der Waals surface area contributed by atoms with E-state index >= 15 is 0 Å². The molecule has 0 bridgehead atoms. The van der Waals surface area contributed by atoms with E-state index in [0.29, 0.717) is 13.0 Å². The van der Waals surface area contributed by atoms with E-state index in [4.69, 9.17) is 0 Å². The lowest BCUT2D eigenvalue weighted by Crippen LogP contribution is -2.36. The summed E-state index contributed by atoms with van der Waals surface area (Å²) in [5.74, 6) is 0.0174. The Kier molecular flexibility index (Phi) is 5.38. The van der Waals surface area contributed by atoms with Gasteiger partial charge >= 0.3 is 0 Å². The average Bonchev–Trinajstić information content (AvgIpc) is 2.47. The van der Waals surface area contributed by atoms with Crippen LogP contribution in [0, 0.1) is 0 Å². The number of nitrogens with one attached hydrogen (secondary N) is 2. The normalized spacial score (nSPS) is 16.2. The van der Waals surface area contributed by atoms with Gasteiger partial charge in [0.05, 0.1) is 17.5 Å². The molecule has 20 heavy (non-hydrogen) atoms. The first-order chi connectivity index (χ1) is 9.70. The number of nitrogens with zero attached hydrogens (tertiary/aromatic N) is 1. The summed E-state index contributed by atoms with van der Waals surface area (Å²) < 4.78 is 0. The Labute approximate surface area is 120 Å². The third-order valence-corrected chi connectivity index (χ3v) is 3.59. The molecule has 5 nitrogen and oxygen atoms in total. The predicted octanol–water partition coefficient (Wildman–Crippen LogP) is 1.20. The van der Waals surface area contributed by atoms with Crippen molar-refractivity contribution in [1.29, 1.82) is 0 Å². The van der Waals surface area contributed by atoms with E-state index in [1.54, 1.807) is 0 Å². The zero-order chi connectivity index (χ0) is 14.4. The Morgan fingerprint density at radius 2 is 2.05 bits per heavy atom. The highest BCUT2D eigenvalue weighted by Gasteiger charge is 2.19. The number of carbonyl (C=O) groups excluding carboxylic acids is 1.